The SMILES string of the molecule is COCCn1c(=C(C#N)C(=O)N2CCOCC2)sc(=Cc2ccccc2OC(F)F)c1=O. The molecule has 8 nitrogen and oxygen atoms in total. The monoisotopic (exact) mass is 465 g/mol. The fourth-order valence-electron chi connectivity index (χ4n) is 3.15. The zero-order chi connectivity index (χ0) is 23.1. The molecule has 0 N–H and O–H groups in total. The quantitative estimate of drug-likeness (QED) is 0.592. The van der Waals surface area contributed by atoms with Gasteiger partial charge in [-0.2, -0.15) is 14.0 Å². The van der Waals surface area contributed by atoms with E-state index >= 15 is 0 Å². The Morgan fingerprint density at radius 1 is 1.34 bits per heavy atom. The Hall–Kier alpha value is -3.07. The van der Waals surface area contributed by atoms with Crippen LogP contribution in [0.4, 0.5) is 8.78 Å². The van der Waals surface area contributed by atoms with Gasteiger partial charge >= 0.3 is 6.61 Å². The molecule has 1 fully saturated rings. The Morgan fingerprint density at radius 3 is 2.72 bits per heavy atom. The van der Waals surface area contributed by atoms with Gasteiger partial charge in [-0.05, 0) is 12.1 Å². The lowest BCUT2D eigenvalue weighted by Crippen LogP contribution is -2.43. The second-order valence-electron chi connectivity index (χ2n) is 6.67. The van der Waals surface area contributed by atoms with E-state index in [-0.39, 0.29) is 39.2 Å². The van der Waals surface area contributed by atoms with Gasteiger partial charge in [-0.15, -0.1) is 11.3 Å². The van der Waals surface area contributed by atoms with Gasteiger partial charge in [0.25, 0.3) is 11.5 Å². The van der Waals surface area contributed by atoms with E-state index < -0.39 is 18.1 Å². The highest BCUT2D eigenvalue weighted by Crippen LogP contribution is 2.20. The van der Waals surface area contributed by atoms with E-state index in [0.717, 1.165) is 11.3 Å². The van der Waals surface area contributed by atoms with Gasteiger partial charge in [-0.3, -0.25) is 14.2 Å². The number of para-hydroxylation sites is 1. The van der Waals surface area contributed by atoms with Gasteiger partial charge in [0.15, 0.2) is 5.57 Å². The number of benzene rings is 1. The van der Waals surface area contributed by atoms with Crippen LogP contribution in [-0.4, -0.2) is 62.0 Å². The summed E-state index contributed by atoms with van der Waals surface area (Å²) in [6.07, 6.45) is 1.41. The number of rotatable bonds is 7. The van der Waals surface area contributed by atoms with Gasteiger partial charge in [0.1, 0.15) is 16.5 Å². The molecule has 1 aromatic heterocycles. The lowest BCUT2D eigenvalue weighted by molar-refractivity contribution is -0.128. The maximum atomic E-state index is 13.1. The van der Waals surface area contributed by atoms with Crippen LogP contribution in [0, 0.1) is 11.3 Å². The molecule has 1 amide bonds. The van der Waals surface area contributed by atoms with E-state index in [9.17, 15) is 23.6 Å². The molecule has 0 radical (unpaired) electrons. The first kappa shape index (κ1) is 23.6. The van der Waals surface area contributed by atoms with Gasteiger partial charge in [-0.1, -0.05) is 18.2 Å². The second-order valence-corrected chi connectivity index (χ2v) is 7.70. The molecule has 170 valence electrons. The van der Waals surface area contributed by atoms with Crippen LogP contribution < -0.4 is 19.5 Å². The van der Waals surface area contributed by atoms with E-state index in [1.54, 1.807) is 6.07 Å². The van der Waals surface area contributed by atoms with Gasteiger partial charge in [0.2, 0.25) is 0 Å². The minimum atomic E-state index is -3.02. The van der Waals surface area contributed by atoms with E-state index in [4.69, 9.17) is 9.47 Å². The number of thiazole rings is 1. The Balaban J connectivity index is 2.18. The van der Waals surface area contributed by atoms with Crippen LogP contribution in [0.25, 0.3) is 11.6 Å². The molecule has 32 heavy (non-hydrogen) atoms. The number of nitriles is 1. The molecule has 0 bridgehead atoms. The fourth-order valence-corrected chi connectivity index (χ4v) is 4.26. The molecule has 0 aliphatic carbocycles. The van der Waals surface area contributed by atoms with Crippen LogP contribution in [0.3, 0.4) is 0 Å². The summed E-state index contributed by atoms with van der Waals surface area (Å²) in [6.45, 7) is -1.31. The normalized spacial score (nSPS) is 15.6. The van der Waals surface area contributed by atoms with Crippen LogP contribution in [0.1, 0.15) is 5.56 Å². The fraction of sp³-hybridized carbons (Fsp3) is 0.381. The summed E-state index contributed by atoms with van der Waals surface area (Å²) in [6, 6.07) is 7.99. The van der Waals surface area contributed by atoms with Crippen LogP contribution in [0.2, 0.25) is 0 Å². The maximum absolute atomic E-state index is 13.1. The summed E-state index contributed by atoms with van der Waals surface area (Å²) < 4.78 is 42.0. The second kappa shape index (κ2) is 11.0. The summed E-state index contributed by atoms with van der Waals surface area (Å²) in [5.41, 5.74) is -0.354. The number of ether oxygens (including phenoxy) is 3. The molecule has 1 aromatic carbocycles. The Morgan fingerprint density at radius 2 is 2.06 bits per heavy atom. The lowest BCUT2D eigenvalue weighted by atomic mass is 10.2. The van der Waals surface area contributed by atoms with Crippen molar-refractivity contribution in [2.45, 2.75) is 13.2 Å². The molecule has 11 heteroatoms. The molecular weight excluding hydrogens is 444 g/mol. The molecule has 0 spiro atoms. The first-order valence-electron chi connectivity index (χ1n) is 9.71. The molecule has 0 saturated carbocycles. The molecule has 0 unspecified atom stereocenters. The molecule has 0 atom stereocenters. The first-order valence-corrected chi connectivity index (χ1v) is 10.5. The van der Waals surface area contributed by atoms with Crippen molar-refractivity contribution in [2.24, 2.45) is 0 Å². The number of carbonyl (C=O) groups is 1. The number of morpholine rings is 1. The third-order valence-electron chi connectivity index (χ3n) is 4.69. The molecular formula is C21H21F2N3O5S. The smallest absolute Gasteiger partial charge is 0.387 e. The molecule has 2 aromatic rings. The Bertz CT molecular complexity index is 1180. The Kier molecular flexibility index (Phi) is 8.10. The third kappa shape index (κ3) is 5.40. The number of amides is 1. The van der Waals surface area contributed by atoms with Crippen molar-refractivity contribution in [3.05, 3.63) is 49.4 Å². The summed E-state index contributed by atoms with van der Waals surface area (Å²) in [4.78, 5) is 27.6. The van der Waals surface area contributed by atoms with Crippen molar-refractivity contribution < 1.29 is 27.8 Å². The molecule has 1 saturated heterocycles. The number of aromatic nitrogens is 1. The predicted molar refractivity (Wildman–Crippen MR) is 113 cm³/mol. The van der Waals surface area contributed by atoms with E-state index in [2.05, 4.69) is 4.74 Å². The first-order chi connectivity index (χ1) is 15.5. The standard InChI is InChI=1S/C21H21F2N3O5S/c1-29-9-8-26-19(28)17(12-14-4-2-3-5-16(14)31-21(22)23)32-20(26)15(13-24)18(27)25-6-10-30-11-7-25/h2-5,12,21H,6-11H2,1H3. The van der Waals surface area contributed by atoms with Gasteiger partial charge in [0.05, 0.1) is 30.9 Å². The predicted octanol–water partition coefficient (Wildman–Crippen LogP) is 0.519. The number of hydrogen-bond donors (Lipinski definition) is 0. The minimum absolute atomic E-state index is 0.0887. The van der Waals surface area contributed by atoms with E-state index in [1.807, 2.05) is 6.07 Å². The molecule has 1 aliphatic rings. The number of hydrogen-bond acceptors (Lipinski definition) is 7. The van der Waals surface area contributed by atoms with Crippen LogP contribution in [-0.2, 0) is 20.8 Å². The van der Waals surface area contributed by atoms with Gasteiger partial charge in [0, 0.05) is 25.8 Å². The molecule has 1 aliphatic heterocycles. The van der Waals surface area contributed by atoms with Gasteiger partial charge in [-0.25, -0.2) is 0 Å². The highest BCUT2D eigenvalue weighted by Gasteiger charge is 2.23. The van der Waals surface area contributed by atoms with Crippen molar-refractivity contribution >= 4 is 28.9 Å². The van der Waals surface area contributed by atoms with Crippen molar-refractivity contribution in [1.29, 1.82) is 5.26 Å². The molecule has 2 heterocycles. The number of nitrogens with zero attached hydrogens (tertiary/aromatic N) is 3. The van der Waals surface area contributed by atoms with Crippen molar-refractivity contribution in [2.75, 3.05) is 40.0 Å². The van der Waals surface area contributed by atoms with Crippen LogP contribution >= 0.6 is 11.3 Å². The largest absolute Gasteiger partial charge is 0.434 e. The number of halogens is 2. The van der Waals surface area contributed by atoms with Crippen LogP contribution in [0.15, 0.2) is 29.1 Å². The molecule has 3 rings (SSSR count). The summed E-state index contributed by atoms with van der Waals surface area (Å²) in [5, 5.41) is 9.74. The number of alkyl halides is 2. The summed E-state index contributed by atoms with van der Waals surface area (Å²) in [7, 11) is 1.47. The zero-order valence-corrected chi connectivity index (χ0v) is 18.1. The van der Waals surface area contributed by atoms with Crippen molar-refractivity contribution in [3.8, 4) is 11.8 Å². The number of carbonyl (C=O) groups excluding carboxylic acids is 1. The highest BCUT2D eigenvalue weighted by molar-refractivity contribution is 7.07. The minimum Gasteiger partial charge on any atom is -0.434 e. The van der Waals surface area contributed by atoms with E-state index in [0.29, 0.717) is 26.3 Å². The third-order valence-corrected chi connectivity index (χ3v) is 5.82. The van der Waals surface area contributed by atoms with Gasteiger partial charge < -0.3 is 19.1 Å². The maximum Gasteiger partial charge on any atom is 0.387 e. The summed E-state index contributed by atoms with van der Waals surface area (Å²) >= 11 is 0.942. The lowest BCUT2D eigenvalue weighted by Gasteiger charge is -2.26. The number of methoxy groups -OCH3 is 1. The topological polar surface area (TPSA) is 93.8 Å². The average molecular weight is 465 g/mol. The highest BCUT2D eigenvalue weighted by atomic mass is 32.1. The summed E-state index contributed by atoms with van der Waals surface area (Å²) in [5.74, 6) is -0.578. The zero-order valence-electron chi connectivity index (χ0n) is 17.3. The Labute approximate surface area is 186 Å². The average Bonchev–Trinajstić information content (AvgIpc) is 3.09. The van der Waals surface area contributed by atoms with Crippen molar-refractivity contribution in [1.82, 2.24) is 9.47 Å². The van der Waals surface area contributed by atoms with Crippen molar-refractivity contribution in [3.63, 3.8) is 0 Å². The van der Waals surface area contributed by atoms with E-state index in [1.165, 1.54) is 40.9 Å². The van der Waals surface area contributed by atoms with Crippen LogP contribution in [0.5, 0.6) is 5.75 Å².